The van der Waals surface area contributed by atoms with E-state index in [2.05, 4.69) is 4.98 Å². The van der Waals surface area contributed by atoms with Crippen LogP contribution >= 0.6 is 23.1 Å². The average molecular weight is 360 g/mol. The quantitative estimate of drug-likeness (QED) is 0.632. The van der Waals surface area contributed by atoms with Crippen molar-refractivity contribution < 1.29 is 9.53 Å². The van der Waals surface area contributed by atoms with Gasteiger partial charge in [0.25, 0.3) is 5.56 Å². The second kappa shape index (κ2) is 7.63. The van der Waals surface area contributed by atoms with Gasteiger partial charge in [-0.25, -0.2) is 4.98 Å². The number of fused-ring (bicyclic) bond motifs is 1. The highest BCUT2D eigenvalue weighted by atomic mass is 32.2. The van der Waals surface area contributed by atoms with E-state index in [4.69, 9.17) is 4.74 Å². The largest absolute Gasteiger partial charge is 0.459 e. The Kier molecular flexibility index (Phi) is 5.32. The van der Waals surface area contributed by atoms with Crippen LogP contribution in [-0.2, 0) is 21.9 Å². The first-order chi connectivity index (χ1) is 11.6. The molecular weight excluding hydrogens is 344 g/mol. The van der Waals surface area contributed by atoms with Gasteiger partial charge in [0.15, 0.2) is 0 Å². The molecule has 3 aromatic heterocycles. The number of thiophene rings is 1. The maximum atomic E-state index is 12.1. The number of rotatable bonds is 6. The molecule has 0 atom stereocenters. The number of esters is 1. The second-order valence-corrected chi connectivity index (χ2v) is 7.22. The summed E-state index contributed by atoms with van der Waals surface area (Å²) in [6, 6.07) is 9.12. The van der Waals surface area contributed by atoms with Crippen molar-refractivity contribution in [2.45, 2.75) is 19.3 Å². The predicted molar refractivity (Wildman–Crippen MR) is 96.5 cm³/mol. The monoisotopic (exact) mass is 360 g/mol. The van der Waals surface area contributed by atoms with Gasteiger partial charge < -0.3 is 4.74 Å². The number of thioether (sulfide) groups is 1. The summed E-state index contributed by atoms with van der Waals surface area (Å²) in [5, 5.41) is 2.01. The SMILES string of the molecule is Cc1cccn2c(=O)cc(COC(=O)CSCc3cccs3)nc12. The zero-order valence-corrected chi connectivity index (χ0v) is 14.7. The molecule has 0 saturated heterocycles. The Balaban J connectivity index is 1.58. The van der Waals surface area contributed by atoms with Crippen LogP contribution in [0.2, 0.25) is 0 Å². The smallest absolute Gasteiger partial charge is 0.316 e. The highest BCUT2D eigenvalue weighted by molar-refractivity contribution is 7.99. The van der Waals surface area contributed by atoms with E-state index in [-0.39, 0.29) is 23.9 Å². The van der Waals surface area contributed by atoms with E-state index in [1.807, 2.05) is 30.5 Å². The van der Waals surface area contributed by atoms with Crippen LogP contribution in [0.1, 0.15) is 16.1 Å². The van der Waals surface area contributed by atoms with Gasteiger partial charge in [-0.15, -0.1) is 23.1 Å². The minimum Gasteiger partial charge on any atom is -0.459 e. The third-order valence-corrected chi connectivity index (χ3v) is 5.38. The zero-order valence-electron chi connectivity index (χ0n) is 13.1. The van der Waals surface area contributed by atoms with Crippen molar-refractivity contribution in [2.24, 2.45) is 0 Å². The Morgan fingerprint density at radius 1 is 1.38 bits per heavy atom. The van der Waals surface area contributed by atoms with Gasteiger partial charge in [0.1, 0.15) is 12.3 Å². The van der Waals surface area contributed by atoms with Gasteiger partial charge in [0, 0.05) is 22.9 Å². The molecule has 3 rings (SSSR count). The first kappa shape index (κ1) is 16.7. The van der Waals surface area contributed by atoms with Crippen molar-refractivity contribution in [2.75, 3.05) is 5.75 Å². The number of hydrogen-bond acceptors (Lipinski definition) is 6. The summed E-state index contributed by atoms with van der Waals surface area (Å²) < 4.78 is 6.71. The molecule has 0 aliphatic rings. The van der Waals surface area contributed by atoms with E-state index in [1.54, 1.807) is 23.6 Å². The van der Waals surface area contributed by atoms with Crippen molar-refractivity contribution in [1.82, 2.24) is 9.38 Å². The van der Waals surface area contributed by atoms with Crippen LogP contribution in [0, 0.1) is 6.92 Å². The van der Waals surface area contributed by atoms with Crippen LogP contribution in [0.5, 0.6) is 0 Å². The molecule has 3 heterocycles. The predicted octanol–water partition coefficient (Wildman–Crippen LogP) is 3.04. The summed E-state index contributed by atoms with van der Waals surface area (Å²) in [5.41, 5.74) is 1.77. The summed E-state index contributed by atoms with van der Waals surface area (Å²) in [7, 11) is 0. The van der Waals surface area contributed by atoms with E-state index < -0.39 is 0 Å². The number of pyridine rings is 1. The summed E-state index contributed by atoms with van der Waals surface area (Å²) in [4.78, 5) is 29.5. The minimum absolute atomic E-state index is 0.0124. The van der Waals surface area contributed by atoms with Gasteiger partial charge in [-0.1, -0.05) is 12.1 Å². The number of carbonyl (C=O) groups excluding carboxylic acids is 1. The van der Waals surface area contributed by atoms with Gasteiger partial charge in [0.2, 0.25) is 0 Å². The van der Waals surface area contributed by atoms with Crippen molar-refractivity contribution in [3.05, 3.63) is 68.4 Å². The molecule has 24 heavy (non-hydrogen) atoms. The van der Waals surface area contributed by atoms with E-state index in [9.17, 15) is 9.59 Å². The van der Waals surface area contributed by atoms with Gasteiger partial charge in [-0.05, 0) is 30.0 Å². The molecule has 5 nitrogen and oxygen atoms in total. The molecule has 124 valence electrons. The second-order valence-electron chi connectivity index (χ2n) is 5.20. The van der Waals surface area contributed by atoms with Crippen LogP contribution in [0.25, 0.3) is 5.65 Å². The lowest BCUT2D eigenvalue weighted by Gasteiger charge is -2.07. The Labute approximate surface area is 147 Å². The van der Waals surface area contributed by atoms with Gasteiger partial charge in [0.05, 0.1) is 11.4 Å². The van der Waals surface area contributed by atoms with Crippen LogP contribution in [-0.4, -0.2) is 21.1 Å². The highest BCUT2D eigenvalue weighted by Crippen LogP contribution is 2.17. The van der Waals surface area contributed by atoms with Gasteiger partial charge >= 0.3 is 5.97 Å². The lowest BCUT2D eigenvalue weighted by molar-refractivity contribution is -0.141. The van der Waals surface area contributed by atoms with Crippen molar-refractivity contribution in [3.63, 3.8) is 0 Å². The van der Waals surface area contributed by atoms with Crippen molar-refractivity contribution in [3.8, 4) is 0 Å². The third-order valence-electron chi connectivity index (χ3n) is 3.36. The maximum Gasteiger partial charge on any atom is 0.316 e. The summed E-state index contributed by atoms with van der Waals surface area (Å²) in [5.74, 6) is 0.772. The summed E-state index contributed by atoms with van der Waals surface area (Å²) in [6.07, 6.45) is 1.68. The van der Waals surface area contributed by atoms with E-state index in [0.717, 1.165) is 11.3 Å². The molecule has 0 fully saturated rings. The first-order valence-corrected chi connectivity index (χ1v) is 9.40. The normalized spacial score (nSPS) is 10.9. The third kappa shape index (κ3) is 4.04. The summed E-state index contributed by atoms with van der Waals surface area (Å²) in [6.45, 7) is 1.90. The van der Waals surface area contributed by atoms with E-state index >= 15 is 0 Å². The average Bonchev–Trinajstić information content (AvgIpc) is 3.07. The molecule has 0 bridgehead atoms. The topological polar surface area (TPSA) is 60.7 Å². The lowest BCUT2D eigenvalue weighted by atomic mass is 10.3. The molecular formula is C17H16N2O3S2. The molecule has 0 radical (unpaired) electrons. The summed E-state index contributed by atoms with van der Waals surface area (Å²) >= 11 is 3.18. The standard InChI is InChI=1S/C17H16N2O3S2/c1-12-4-2-6-19-15(20)8-13(18-17(12)19)9-22-16(21)11-23-10-14-5-3-7-24-14/h2-8H,9-11H2,1H3. The van der Waals surface area contributed by atoms with Crippen LogP contribution in [0.15, 0.2) is 46.7 Å². The molecule has 0 unspecified atom stereocenters. The van der Waals surface area contributed by atoms with Crippen LogP contribution in [0.3, 0.4) is 0 Å². The minimum atomic E-state index is -0.302. The number of hydrogen-bond donors (Lipinski definition) is 0. The van der Waals surface area contributed by atoms with Crippen LogP contribution < -0.4 is 5.56 Å². The molecule has 0 amide bonds. The van der Waals surface area contributed by atoms with Gasteiger partial charge in [-0.3, -0.25) is 14.0 Å². The molecule has 0 aliphatic carbocycles. The molecule has 0 N–H and O–H groups in total. The molecule has 0 saturated carbocycles. The lowest BCUT2D eigenvalue weighted by Crippen LogP contribution is -2.17. The Morgan fingerprint density at radius 2 is 2.25 bits per heavy atom. The number of aryl methyl sites for hydroxylation is 1. The number of ether oxygens (including phenoxy) is 1. The molecule has 0 aromatic carbocycles. The zero-order chi connectivity index (χ0) is 16.9. The number of nitrogens with zero attached hydrogens (tertiary/aromatic N) is 2. The fraction of sp³-hybridized carbons (Fsp3) is 0.235. The Bertz CT molecular complexity index is 904. The highest BCUT2D eigenvalue weighted by Gasteiger charge is 2.08. The molecule has 0 spiro atoms. The number of aromatic nitrogens is 2. The van der Waals surface area contributed by atoms with E-state index in [1.165, 1.54) is 27.1 Å². The van der Waals surface area contributed by atoms with Crippen LogP contribution in [0.4, 0.5) is 0 Å². The number of carbonyl (C=O) groups is 1. The van der Waals surface area contributed by atoms with E-state index in [0.29, 0.717) is 11.3 Å². The molecule has 0 aliphatic heterocycles. The fourth-order valence-electron chi connectivity index (χ4n) is 2.21. The Hall–Kier alpha value is -2.12. The van der Waals surface area contributed by atoms with Crippen molar-refractivity contribution in [1.29, 1.82) is 0 Å². The maximum absolute atomic E-state index is 12.1. The molecule has 7 heteroatoms. The first-order valence-electron chi connectivity index (χ1n) is 7.37. The Morgan fingerprint density at radius 3 is 3.04 bits per heavy atom. The molecule has 3 aromatic rings. The van der Waals surface area contributed by atoms with Gasteiger partial charge in [-0.2, -0.15) is 0 Å². The van der Waals surface area contributed by atoms with Crippen molar-refractivity contribution >= 4 is 34.7 Å². The fourth-order valence-corrected chi connectivity index (χ4v) is 3.87.